The highest BCUT2D eigenvalue weighted by Gasteiger charge is 2.09. The van der Waals surface area contributed by atoms with E-state index in [2.05, 4.69) is 15.0 Å². The molecule has 0 aliphatic heterocycles. The Hall–Kier alpha value is -0.950. The lowest BCUT2D eigenvalue weighted by Gasteiger charge is -2.08. The Labute approximate surface area is 107 Å². The van der Waals surface area contributed by atoms with Gasteiger partial charge in [-0.1, -0.05) is 0 Å². The smallest absolute Gasteiger partial charge is 0.311 e. The predicted octanol–water partition coefficient (Wildman–Crippen LogP) is 1.04. The molecule has 0 saturated carbocycles. The van der Waals surface area contributed by atoms with E-state index in [1.807, 2.05) is 12.3 Å². The van der Waals surface area contributed by atoms with E-state index in [-0.39, 0.29) is 17.6 Å². The fourth-order valence-electron chi connectivity index (χ4n) is 1.04. The van der Waals surface area contributed by atoms with Crippen LogP contribution in [0.5, 0.6) is 0 Å². The van der Waals surface area contributed by atoms with E-state index in [0.29, 0.717) is 12.2 Å². The summed E-state index contributed by atoms with van der Waals surface area (Å²) in [7, 11) is 0.506. The second-order valence-corrected chi connectivity index (χ2v) is 6.25. The quantitative estimate of drug-likeness (QED) is 0.786. The van der Waals surface area contributed by atoms with Crippen LogP contribution in [0, 0.1) is 0 Å². The van der Waals surface area contributed by atoms with Gasteiger partial charge in [-0.25, -0.2) is 4.98 Å². The number of nitrogens with zero attached hydrogens (tertiary/aromatic N) is 1. The number of methoxy groups -OCH3 is 1. The molecule has 0 radical (unpaired) electrons. The van der Waals surface area contributed by atoms with Crippen molar-refractivity contribution in [2.24, 2.45) is 0 Å². The van der Waals surface area contributed by atoms with Gasteiger partial charge in [0, 0.05) is 34.2 Å². The number of thiazole rings is 1. The van der Waals surface area contributed by atoms with Crippen LogP contribution >= 0.6 is 11.3 Å². The standard InChI is InChI=1S/C10H16N2O3S2/c1-7(17(3)14)5-11-10-12-8(6-16-10)4-9(13)15-2/h6-7H,4-5H2,1-3H3,(H,11,12). The van der Waals surface area contributed by atoms with Crippen LogP contribution in [0.2, 0.25) is 0 Å². The zero-order valence-corrected chi connectivity index (χ0v) is 11.7. The lowest BCUT2D eigenvalue weighted by atomic mass is 10.3. The number of anilines is 1. The van der Waals surface area contributed by atoms with E-state index in [1.54, 1.807) is 6.26 Å². The predicted molar refractivity (Wildman–Crippen MR) is 69.9 cm³/mol. The summed E-state index contributed by atoms with van der Waals surface area (Å²) in [6.07, 6.45) is 1.86. The second kappa shape index (κ2) is 6.70. The van der Waals surface area contributed by atoms with Gasteiger partial charge in [-0.05, 0) is 6.92 Å². The van der Waals surface area contributed by atoms with Crippen LogP contribution in [0.3, 0.4) is 0 Å². The van der Waals surface area contributed by atoms with Crippen molar-refractivity contribution in [2.75, 3.05) is 25.2 Å². The van der Waals surface area contributed by atoms with Crippen molar-refractivity contribution in [1.29, 1.82) is 0 Å². The maximum absolute atomic E-state index is 11.1. The molecule has 17 heavy (non-hydrogen) atoms. The summed E-state index contributed by atoms with van der Waals surface area (Å²) in [6.45, 7) is 2.51. The minimum absolute atomic E-state index is 0.0722. The minimum atomic E-state index is -0.847. The molecule has 0 aliphatic rings. The number of carbonyl (C=O) groups is 1. The average Bonchev–Trinajstić information content (AvgIpc) is 2.73. The molecule has 1 heterocycles. The number of nitrogens with one attached hydrogen (secondary N) is 1. The number of aromatic nitrogens is 1. The molecule has 0 amide bonds. The maximum Gasteiger partial charge on any atom is 0.311 e. The molecule has 5 nitrogen and oxygen atoms in total. The first-order valence-corrected chi connectivity index (χ1v) is 7.60. The lowest BCUT2D eigenvalue weighted by molar-refractivity contribution is -0.139. The van der Waals surface area contributed by atoms with E-state index in [1.165, 1.54) is 18.4 Å². The average molecular weight is 276 g/mol. The molecule has 0 saturated heterocycles. The Kier molecular flexibility index (Phi) is 5.57. The summed E-state index contributed by atoms with van der Waals surface area (Å²) in [5.41, 5.74) is 0.689. The van der Waals surface area contributed by atoms with Gasteiger partial charge in [-0.2, -0.15) is 0 Å². The zero-order valence-electron chi connectivity index (χ0n) is 10.1. The van der Waals surface area contributed by atoms with Gasteiger partial charge in [0.25, 0.3) is 0 Å². The van der Waals surface area contributed by atoms with Crippen LogP contribution in [0.4, 0.5) is 5.13 Å². The third-order valence-corrected chi connectivity index (χ3v) is 4.36. The molecular weight excluding hydrogens is 260 g/mol. The number of carbonyl (C=O) groups excluding carboxylic acids is 1. The molecule has 0 bridgehead atoms. The summed E-state index contributed by atoms with van der Waals surface area (Å²) in [5.74, 6) is -0.301. The first kappa shape index (κ1) is 14.1. The van der Waals surface area contributed by atoms with Crippen molar-refractivity contribution >= 4 is 33.2 Å². The molecular formula is C10H16N2O3S2. The van der Waals surface area contributed by atoms with Gasteiger partial charge in [-0.3, -0.25) is 9.00 Å². The van der Waals surface area contributed by atoms with Gasteiger partial charge >= 0.3 is 5.97 Å². The van der Waals surface area contributed by atoms with E-state index in [4.69, 9.17) is 0 Å². The van der Waals surface area contributed by atoms with Crippen LogP contribution in [0.15, 0.2) is 5.38 Å². The highest BCUT2D eigenvalue weighted by Crippen LogP contribution is 2.16. The van der Waals surface area contributed by atoms with Crippen molar-refractivity contribution in [3.05, 3.63) is 11.1 Å². The van der Waals surface area contributed by atoms with Gasteiger partial charge in [0.1, 0.15) is 0 Å². The Morgan fingerprint density at radius 1 is 1.71 bits per heavy atom. The van der Waals surface area contributed by atoms with Gasteiger partial charge in [0.05, 0.1) is 19.2 Å². The molecule has 2 unspecified atom stereocenters. The summed E-state index contributed by atoms with van der Waals surface area (Å²) in [4.78, 5) is 15.3. The summed E-state index contributed by atoms with van der Waals surface area (Å²) >= 11 is 1.43. The van der Waals surface area contributed by atoms with Gasteiger partial charge in [0.2, 0.25) is 0 Å². The summed E-state index contributed by atoms with van der Waals surface area (Å²) in [6, 6.07) is 0. The van der Waals surface area contributed by atoms with E-state index >= 15 is 0 Å². The molecule has 1 aromatic rings. The van der Waals surface area contributed by atoms with Gasteiger partial charge < -0.3 is 10.1 Å². The van der Waals surface area contributed by atoms with Gasteiger partial charge in [-0.15, -0.1) is 11.3 Å². The molecule has 0 aliphatic carbocycles. The van der Waals surface area contributed by atoms with E-state index in [0.717, 1.165) is 5.13 Å². The second-order valence-electron chi connectivity index (χ2n) is 3.59. The summed E-state index contributed by atoms with van der Waals surface area (Å²) < 4.78 is 15.7. The third kappa shape index (κ3) is 4.82. The van der Waals surface area contributed by atoms with E-state index in [9.17, 15) is 9.00 Å². The number of ether oxygens (including phenoxy) is 1. The largest absolute Gasteiger partial charge is 0.469 e. The SMILES string of the molecule is COC(=O)Cc1csc(NCC(C)S(C)=O)n1. The van der Waals surface area contributed by atoms with Gasteiger partial charge in [0.15, 0.2) is 5.13 Å². The topological polar surface area (TPSA) is 68.3 Å². The molecule has 1 aromatic heterocycles. The third-order valence-electron chi connectivity index (χ3n) is 2.21. The monoisotopic (exact) mass is 276 g/mol. The molecule has 0 fully saturated rings. The molecule has 1 N–H and O–H groups in total. The first-order valence-electron chi connectivity index (χ1n) is 5.10. The highest BCUT2D eigenvalue weighted by molar-refractivity contribution is 7.84. The molecule has 96 valence electrons. The number of hydrogen-bond donors (Lipinski definition) is 1. The zero-order chi connectivity index (χ0) is 12.8. The van der Waals surface area contributed by atoms with Crippen molar-refractivity contribution < 1.29 is 13.7 Å². The van der Waals surface area contributed by atoms with Crippen molar-refractivity contribution in [3.63, 3.8) is 0 Å². The number of rotatable bonds is 6. The summed E-state index contributed by atoms with van der Waals surface area (Å²) in [5, 5.41) is 5.72. The van der Waals surface area contributed by atoms with Crippen LogP contribution in [-0.2, 0) is 26.8 Å². The van der Waals surface area contributed by atoms with E-state index < -0.39 is 10.8 Å². The fraction of sp³-hybridized carbons (Fsp3) is 0.600. The number of hydrogen-bond acceptors (Lipinski definition) is 6. The fourth-order valence-corrected chi connectivity index (χ4v) is 2.08. The lowest BCUT2D eigenvalue weighted by Crippen LogP contribution is -2.20. The van der Waals surface area contributed by atoms with Crippen molar-refractivity contribution in [1.82, 2.24) is 4.98 Å². The molecule has 0 spiro atoms. The first-order chi connectivity index (χ1) is 8.02. The number of esters is 1. The molecule has 2 atom stereocenters. The molecule has 0 aromatic carbocycles. The normalized spacial score (nSPS) is 14.1. The Bertz CT molecular complexity index is 406. The highest BCUT2D eigenvalue weighted by atomic mass is 32.2. The Balaban J connectivity index is 2.46. The Morgan fingerprint density at radius 3 is 3.00 bits per heavy atom. The molecule has 1 rings (SSSR count). The van der Waals surface area contributed by atoms with Crippen molar-refractivity contribution in [2.45, 2.75) is 18.6 Å². The minimum Gasteiger partial charge on any atom is -0.469 e. The van der Waals surface area contributed by atoms with Crippen LogP contribution in [-0.4, -0.2) is 40.3 Å². The molecule has 7 heteroatoms. The van der Waals surface area contributed by atoms with Crippen LogP contribution in [0.25, 0.3) is 0 Å². The maximum atomic E-state index is 11.1. The van der Waals surface area contributed by atoms with Crippen molar-refractivity contribution in [3.8, 4) is 0 Å². The Morgan fingerprint density at radius 2 is 2.41 bits per heavy atom. The van der Waals surface area contributed by atoms with Crippen LogP contribution < -0.4 is 5.32 Å². The van der Waals surface area contributed by atoms with Crippen LogP contribution in [0.1, 0.15) is 12.6 Å².